The minimum Gasteiger partial charge on any atom is -0.454 e. The molecule has 2 heterocycles. The SMILES string of the molecule is O=C(NCC1CC1CNCCNc1nsc2ccccc12)c1ccc2c(c1)OCO2. The molecule has 0 radical (unpaired) electrons. The number of aromatic nitrogens is 1. The van der Waals surface area contributed by atoms with E-state index in [1.54, 1.807) is 18.2 Å². The molecule has 0 saturated heterocycles. The fourth-order valence-corrected chi connectivity index (χ4v) is 4.50. The largest absolute Gasteiger partial charge is 0.454 e. The van der Waals surface area contributed by atoms with Crippen LogP contribution in [0.5, 0.6) is 11.5 Å². The smallest absolute Gasteiger partial charge is 0.251 e. The van der Waals surface area contributed by atoms with Gasteiger partial charge in [-0.15, -0.1) is 0 Å². The summed E-state index contributed by atoms with van der Waals surface area (Å²) in [4.78, 5) is 12.4. The summed E-state index contributed by atoms with van der Waals surface area (Å²) in [5.74, 6) is 3.40. The third-order valence-corrected chi connectivity index (χ3v) is 6.43. The van der Waals surface area contributed by atoms with E-state index in [0.29, 0.717) is 35.4 Å². The molecule has 8 heteroatoms. The van der Waals surface area contributed by atoms with E-state index in [1.165, 1.54) is 21.6 Å². The first-order valence-corrected chi connectivity index (χ1v) is 11.0. The normalized spacial score (nSPS) is 19.1. The fourth-order valence-electron chi connectivity index (χ4n) is 3.74. The molecule has 3 N–H and O–H groups in total. The Morgan fingerprint density at radius 3 is 2.90 bits per heavy atom. The van der Waals surface area contributed by atoms with Gasteiger partial charge in [0.05, 0.1) is 4.70 Å². The first-order chi connectivity index (χ1) is 14.8. The van der Waals surface area contributed by atoms with Crippen molar-refractivity contribution in [3.8, 4) is 11.5 Å². The summed E-state index contributed by atoms with van der Waals surface area (Å²) in [6, 6.07) is 13.6. The molecule has 1 fully saturated rings. The van der Waals surface area contributed by atoms with Gasteiger partial charge in [-0.25, -0.2) is 0 Å². The van der Waals surface area contributed by atoms with Crippen LogP contribution < -0.4 is 25.4 Å². The van der Waals surface area contributed by atoms with E-state index in [-0.39, 0.29) is 12.7 Å². The van der Waals surface area contributed by atoms with Crippen LogP contribution in [0.3, 0.4) is 0 Å². The van der Waals surface area contributed by atoms with Crippen molar-refractivity contribution in [3.63, 3.8) is 0 Å². The third kappa shape index (κ3) is 4.20. The van der Waals surface area contributed by atoms with Crippen LogP contribution in [-0.2, 0) is 0 Å². The molecule has 1 aliphatic heterocycles. The Morgan fingerprint density at radius 1 is 1.07 bits per heavy atom. The number of nitrogens with one attached hydrogen (secondary N) is 3. The van der Waals surface area contributed by atoms with Gasteiger partial charge in [-0.05, 0) is 66.7 Å². The zero-order valence-corrected chi connectivity index (χ0v) is 17.3. The van der Waals surface area contributed by atoms with Gasteiger partial charge >= 0.3 is 0 Å². The molecule has 0 spiro atoms. The highest BCUT2D eigenvalue weighted by Crippen LogP contribution is 2.37. The number of hydrogen-bond acceptors (Lipinski definition) is 7. The molecule has 2 aromatic carbocycles. The number of anilines is 1. The Kier molecular flexibility index (Phi) is 5.42. The lowest BCUT2D eigenvalue weighted by Gasteiger charge is -2.07. The van der Waals surface area contributed by atoms with Crippen LogP contribution >= 0.6 is 11.5 Å². The van der Waals surface area contributed by atoms with Gasteiger partial charge in [0, 0.05) is 30.6 Å². The highest BCUT2D eigenvalue weighted by molar-refractivity contribution is 7.13. The molecule has 2 unspecified atom stereocenters. The molecule has 1 aliphatic carbocycles. The molecule has 1 amide bonds. The molecule has 156 valence electrons. The molecular weight excluding hydrogens is 400 g/mol. The average Bonchev–Trinajstić information content (AvgIpc) is 3.16. The Balaban J connectivity index is 0.983. The molecule has 30 heavy (non-hydrogen) atoms. The quantitative estimate of drug-likeness (QED) is 0.458. The number of amides is 1. The lowest BCUT2D eigenvalue weighted by Crippen LogP contribution is -2.28. The van der Waals surface area contributed by atoms with E-state index < -0.39 is 0 Å². The minimum atomic E-state index is -0.0633. The molecular formula is C22H24N4O3S. The van der Waals surface area contributed by atoms with E-state index in [1.807, 2.05) is 12.1 Å². The maximum absolute atomic E-state index is 12.4. The van der Waals surface area contributed by atoms with Crippen LogP contribution in [0, 0.1) is 11.8 Å². The van der Waals surface area contributed by atoms with Gasteiger partial charge in [0.15, 0.2) is 11.5 Å². The number of carbonyl (C=O) groups is 1. The third-order valence-electron chi connectivity index (χ3n) is 5.61. The lowest BCUT2D eigenvalue weighted by atomic mass is 10.2. The van der Waals surface area contributed by atoms with Crippen molar-refractivity contribution in [3.05, 3.63) is 48.0 Å². The van der Waals surface area contributed by atoms with Gasteiger partial charge < -0.3 is 25.4 Å². The van der Waals surface area contributed by atoms with Gasteiger partial charge in [-0.1, -0.05) is 12.1 Å². The lowest BCUT2D eigenvalue weighted by molar-refractivity contribution is 0.0950. The minimum absolute atomic E-state index is 0.0633. The fraction of sp³-hybridized carbons (Fsp3) is 0.364. The summed E-state index contributed by atoms with van der Waals surface area (Å²) >= 11 is 1.52. The van der Waals surface area contributed by atoms with Crippen molar-refractivity contribution >= 4 is 33.3 Å². The second-order valence-electron chi connectivity index (χ2n) is 7.69. The van der Waals surface area contributed by atoms with Gasteiger partial charge in [-0.3, -0.25) is 4.79 Å². The predicted molar refractivity (Wildman–Crippen MR) is 117 cm³/mol. The summed E-state index contributed by atoms with van der Waals surface area (Å²) in [6.45, 7) is 3.63. The molecule has 2 atom stereocenters. The van der Waals surface area contributed by atoms with E-state index in [4.69, 9.17) is 9.47 Å². The van der Waals surface area contributed by atoms with Crippen LogP contribution in [0.4, 0.5) is 5.82 Å². The van der Waals surface area contributed by atoms with E-state index >= 15 is 0 Å². The Labute approximate surface area is 178 Å². The topological polar surface area (TPSA) is 84.5 Å². The maximum Gasteiger partial charge on any atom is 0.251 e. The molecule has 0 bridgehead atoms. The number of carbonyl (C=O) groups excluding carboxylic acids is 1. The zero-order valence-electron chi connectivity index (χ0n) is 16.5. The summed E-state index contributed by atoms with van der Waals surface area (Å²) in [6.07, 6.45) is 1.15. The molecule has 2 aliphatic rings. The maximum atomic E-state index is 12.4. The second kappa shape index (κ2) is 8.49. The van der Waals surface area contributed by atoms with E-state index in [0.717, 1.165) is 31.9 Å². The zero-order chi connectivity index (χ0) is 20.3. The molecule has 5 rings (SSSR count). The van der Waals surface area contributed by atoms with E-state index in [2.05, 4.69) is 32.5 Å². The van der Waals surface area contributed by atoms with Crippen molar-refractivity contribution in [2.75, 3.05) is 38.3 Å². The van der Waals surface area contributed by atoms with Crippen molar-refractivity contribution in [2.24, 2.45) is 11.8 Å². The Bertz CT molecular complexity index is 1050. The van der Waals surface area contributed by atoms with Crippen molar-refractivity contribution in [1.82, 2.24) is 15.0 Å². The number of rotatable bonds is 9. The first-order valence-electron chi connectivity index (χ1n) is 10.2. The van der Waals surface area contributed by atoms with E-state index in [9.17, 15) is 4.79 Å². The number of nitrogens with zero attached hydrogens (tertiary/aromatic N) is 1. The number of benzene rings is 2. The summed E-state index contributed by atoms with van der Waals surface area (Å²) < 4.78 is 16.3. The second-order valence-corrected chi connectivity index (χ2v) is 8.50. The average molecular weight is 425 g/mol. The first kappa shape index (κ1) is 19.1. The molecule has 1 aromatic heterocycles. The van der Waals surface area contributed by atoms with Crippen LogP contribution in [0.2, 0.25) is 0 Å². The van der Waals surface area contributed by atoms with Gasteiger partial charge in [-0.2, -0.15) is 4.37 Å². The monoisotopic (exact) mass is 424 g/mol. The summed E-state index contributed by atoms with van der Waals surface area (Å²) in [5, 5.41) is 11.1. The highest BCUT2D eigenvalue weighted by atomic mass is 32.1. The van der Waals surface area contributed by atoms with Crippen LogP contribution in [-0.4, -0.2) is 43.3 Å². The van der Waals surface area contributed by atoms with Gasteiger partial charge in [0.2, 0.25) is 6.79 Å². The standard InChI is InChI=1S/C22H24N4O3S/c27-22(14-5-6-18-19(10-14)29-13-28-18)25-12-16-9-15(16)11-23-7-8-24-21-17-3-1-2-4-20(17)30-26-21/h1-6,10,15-16,23H,7-9,11-13H2,(H,24,26)(H,25,27). The Hall–Kier alpha value is -2.84. The van der Waals surface area contributed by atoms with Crippen LogP contribution in [0.15, 0.2) is 42.5 Å². The van der Waals surface area contributed by atoms with Crippen molar-refractivity contribution in [1.29, 1.82) is 0 Å². The van der Waals surface area contributed by atoms with Crippen LogP contribution in [0.25, 0.3) is 10.1 Å². The number of ether oxygens (including phenoxy) is 2. The van der Waals surface area contributed by atoms with Crippen molar-refractivity contribution in [2.45, 2.75) is 6.42 Å². The summed E-state index contributed by atoms with van der Waals surface area (Å²) in [7, 11) is 0. The number of fused-ring (bicyclic) bond motifs is 2. The van der Waals surface area contributed by atoms with Crippen LogP contribution in [0.1, 0.15) is 16.8 Å². The van der Waals surface area contributed by atoms with Crippen molar-refractivity contribution < 1.29 is 14.3 Å². The highest BCUT2D eigenvalue weighted by Gasteiger charge is 2.36. The van der Waals surface area contributed by atoms with Gasteiger partial charge in [0.25, 0.3) is 5.91 Å². The number of hydrogen-bond donors (Lipinski definition) is 3. The molecule has 3 aromatic rings. The molecule has 1 saturated carbocycles. The molecule has 7 nitrogen and oxygen atoms in total. The summed E-state index contributed by atoms with van der Waals surface area (Å²) in [5.41, 5.74) is 0.607. The Morgan fingerprint density at radius 2 is 1.93 bits per heavy atom. The predicted octanol–water partition coefficient (Wildman–Crippen LogP) is 3.09. The van der Waals surface area contributed by atoms with Gasteiger partial charge in [0.1, 0.15) is 5.82 Å².